The van der Waals surface area contributed by atoms with Crippen LogP contribution in [0, 0.1) is 5.92 Å². The van der Waals surface area contributed by atoms with Crippen LogP contribution < -0.4 is 5.32 Å². The lowest BCUT2D eigenvalue weighted by atomic mass is 9.97. The number of nitrogens with one attached hydrogen (secondary N) is 1. The fraction of sp³-hybridized carbons (Fsp3) is 0.550. The van der Waals surface area contributed by atoms with Gasteiger partial charge >= 0.3 is 0 Å². The van der Waals surface area contributed by atoms with Gasteiger partial charge in [0.15, 0.2) is 5.96 Å². The summed E-state index contributed by atoms with van der Waals surface area (Å²) in [4.78, 5) is 12.2. The van der Waals surface area contributed by atoms with Crippen LogP contribution in [0.2, 0.25) is 0 Å². The van der Waals surface area contributed by atoms with Crippen LogP contribution in [0.25, 0.3) is 0 Å². The maximum atomic E-state index is 4.46. The van der Waals surface area contributed by atoms with Crippen molar-refractivity contribution in [2.24, 2.45) is 10.9 Å². The summed E-state index contributed by atoms with van der Waals surface area (Å²) in [5, 5.41) is 7.91. The van der Waals surface area contributed by atoms with E-state index in [1.165, 1.54) is 35.7 Å². The number of rotatable bonds is 7. The molecule has 0 radical (unpaired) electrons. The van der Waals surface area contributed by atoms with Crippen molar-refractivity contribution in [3.8, 4) is 0 Å². The summed E-state index contributed by atoms with van der Waals surface area (Å²) in [6, 6.07) is 8.72. The average molecular weight is 391 g/mol. The van der Waals surface area contributed by atoms with Crippen molar-refractivity contribution < 1.29 is 0 Å². The molecular weight excluding hydrogens is 360 g/mol. The first-order valence-corrected chi connectivity index (χ1v) is 11.2. The second-order valence-electron chi connectivity index (χ2n) is 6.98. The molecule has 1 saturated heterocycles. The monoisotopic (exact) mass is 390 g/mol. The first kappa shape index (κ1) is 19.4. The number of aliphatic imine (C=N–C) groups is 1. The van der Waals surface area contributed by atoms with Gasteiger partial charge in [-0.2, -0.15) is 0 Å². The Morgan fingerprint density at radius 3 is 2.50 bits per heavy atom. The smallest absolute Gasteiger partial charge is 0.193 e. The number of likely N-dealkylation sites (tertiary alicyclic amines) is 1. The summed E-state index contributed by atoms with van der Waals surface area (Å²) < 4.78 is 0. The minimum atomic E-state index is 0.747. The lowest BCUT2D eigenvalue weighted by molar-refractivity contribution is 0.179. The molecule has 3 heterocycles. The van der Waals surface area contributed by atoms with E-state index in [1.807, 2.05) is 29.7 Å². The molecule has 1 N–H and O–H groups in total. The first-order chi connectivity index (χ1) is 12.7. The Labute approximate surface area is 165 Å². The van der Waals surface area contributed by atoms with Crippen LogP contribution in [0.1, 0.15) is 22.6 Å². The van der Waals surface area contributed by atoms with E-state index in [0.717, 1.165) is 37.9 Å². The molecule has 0 amide bonds. The number of piperidine rings is 1. The van der Waals surface area contributed by atoms with Crippen LogP contribution in [0.4, 0.5) is 0 Å². The summed E-state index contributed by atoms with van der Waals surface area (Å²) >= 11 is 3.70. The molecule has 0 spiro atoms. The van der Waals surface area contributed by atoms with E-state index in [4.69, 9.17) is 0 Å². The van der Waals surface area contributed by atoms with Gasteiger partial charge in [0.2, 0.25) is 0 Å². The van der Waals surface area contributed by atoms with Gasteiger partial charge in [-0.25, -0.2) is 0 Å². The molecule has 3 rings (SSSR count). The zero-order valence-corrected chi connectivity index (χ0v) is 17.5. The van der Waals surface area contributed by atoms with Gasteiger partial charge in [0.1, 0.15) is 0 Å². The molecule has 4 nitrogen and oxygen atoms in total. The fourth-order valence-electron chi connectivity index (χ4n) is 3.43. The van der Waals surface area contributed by atoms with Crippen molar-refractivity contribution in [2.75, 3.05) is 40.3 Å². The molecule has 0 saturated carbocycles. The summed E-state index contributed by atoms with van der Waals surface area (Å²) in [6.45, 7) is 5.56. The van der Waals surface area contributed by atoms with Crippen LogP contribution in [-0.4, -0.2) is 56.0 Å². The van der Waals surface area contributed by atoms with Crippen molar-refractivity contribution in [1.29, 1.82) is 0 Å². The Bertz CT molecular complexity index is 643. The van der Waals surface area contributed by atoms with Gasteiger partial charge in [-0.3, -0.25) is 9.89 Å². The Morgan fingerprint density at radius 1 is 1.19 bits per heavy atom. The molecule has 1 aliphatic heterocycles. The van der Waals surface area contributed by atoms with Gasteiger partial charge in [0.25, 0.3) is 0 Å². The second-order valence-corrected chi connectivity index (χ2v) is 9.04. The molecule has 142 valence electrons. The highest BCUT2D eigenvalue weighted by Gasteiger charge is 2.20. The van der Waals surface area contributed by atoms with Crippen molar-refractivity contribution in [3.05, 3.63) is 44.8 Å². The quantitative estimate of drug-likeness (QED) is 0.577. The fourth-order valence-corrected chi connectivity index (χ4v) is 4.87. The molecular formula is C20H30N4S2. The molecule has 0 bridgehead atoms. The Hall–Kier alpha value is -1.37. The van der Waals surface area contributed by atoms with Crippen LogP contribution in [0.5, 0.6) is 0 Å². The highest BCUT2D eigenvalue weighted by atomic mass is 32.1. The summed E-state index contributed by atoms with van der Waals surface area (Å²) in [7, 11) is 4.01. The number of thiophene rings is 2. The average Bonchev–Trinajstić information content (AvgIpc) is 3.35. The van der Waals surface area contributed by atoms with E-state index in [-0.39, 0.29) is 0 Å². The molecule has 2 aromatic heterocycles. The molecule has 0 unspecified atom stereocenters. The number of hydrogen-bond donors (Lipinski definition) is 1. The number of hydrogen-bond acceptors (Lipinski definition) is 4. The van der Waals surface area contributed by atoms with E-state index in [0.29, 0.717) is 0 Å². The lowest BCUT2D eigenvalue weighted by Gasteiger charge is -2.32. The molecule has 2 aromatic rings. The lowest BCUT2D eigenvalue weighted by Crippen LogP contribution is -2.44. The molecule has 1 fully saturated rings. The third-order valence-corrected chi connectivity index (χ3v) is 6.86. The SMILES string of the molecule is CN=C(NCC1CCN(Cc2cccs2)CC1)N(C)CCc1cccs1. The Balaban J connectivity index is 1.36. The van der Waals surface area contributed by atoms with Crippen LogP contribution in [0.15, 0.2) is 40.0 Å². The third-order valence-electron chi connectivity index (χ3n) is 5.06. The summed E-state index contributed by atoms with van der Waals surface area (Å²) in [5.74, 6) is 1.76. The maximum Gasteiger partial charge on any atom is 0.193 e. The number of nitrogens with zero attached hydrogens (tertiary/aromatic N) is 3. The van der Waals surface area contributed by atoms with Gasteiger partial charge < -0.3 is 10.2 Å². The zero-order chi connectivity index (χ0) is 18.2. The standard InChI is InChI=1S/C20H30N4S2/c1-21-20(23(2)10-9-18-5-3-13-25-18)22-15-17-7-11-24(12-8-17)16-19-6-4-14-26-19/h3-6,13-14,17H,7-12,15-16H2,1-2H3,(H,21,22). The predicted octanol–water partition coefficient (Wildman–Crippen LogP) is 3.77. The van der Waals surface area contributed by atoms with Gasteiger partial charge in [-0.05, 0) is 61.2 Å². The van der Waals surface area contributed by atoms with E-state index in [2.05, 4.69) is 62.2 Å². The van der Waals surface area contributed by atoms with Gasteiger partial charge in [-0.15, -0.1) is 22.7 Å². The van der Waals surface area contributed by atoms with Crippen molar-refractivity contribution in [1.82, 2.24) is 15.1 Å². The van der Waals surface area contributed by atoms with Crippen molar-refractivity contribution >= 4 is 28.6 Å². The molecule has 1 aliphatic rings. The summed E-state index contributed by atoms with van der Waals surface area (Å²) in [5.41, 5.74) is 0. The largest absolute Gasteiger partial charge is 0.356 e. The van der Waals surface area contributed by atoms with Crippen molar-refractivity contribution in [3.63, 3.8) is 0 Å². The topological polar surface area (TPSA) is 30.9 Å². The molecule has 0 aromatic carbocycles. The molecule has 0 aliphatic carbocycles. The zero-order valence-electron chi connectivity index (χ0n) is 15.9. The molecule has 26 heavy (non-hydrogen) atoms. The highest BCUT2D eigenvalue weighted by Crippen LogP contribution is 2.20. The van der Waals surface area contributed by atoms with Gasteiger partial charge in [0.05, 0.1) is 0 Å². The van der Waals surface area contributed by atoms with E-state index in [1.54, 1.807) is 0 Å². The Morgan fingerprint density at radius 2 is 1.88 bits per heavy atom. The Kier molecular flexibility index (Phi) is 7.53. The summed E-state index contributed by atoms with van der Waals surface area (Å²) in [6.07, 6.45) is 3.62. The van der Waals surface area contributed by atoms with Crippen LogP contribution >= 0.6 is 22.7 Å². The molecule has 6 heteroatoms. The van der Waals surface area contributed by atoms with Crippen LogP contribution in [-0.2, 0) is 13.0 Å². The van der Waals surface area contributed by atoms with E-state index < -0.39 is 0 Å². The van der Waals surface area contributed by atoms with Crippen molar-refractivity contribution in [2.45, 2.75) is 25.8 Å². The minimum absolute atomic E-state index is 0.747. The minimum Gasteiger partial charge on any atom is -0.356 e. The predicted molar refractivity (Wildman–Crippen MR) is 114 cm³/mol. The first-order valence-electron chi connectivity index (χ1n) is 9.43. The highest BCUT2D eigenvalue weighted by molar-refractivity contribution is 7.10. The second kappa shape index (κ2) is 10.1. The normalized spacial score (nSPS) is 16.8. The number of guanidine groups is 1. The maximum absolute atomic E-state index is 4.46. The van der Waals surface area contributed by atoms with E-state index >= 15 is 0 Å². The third kappa shape index (κ3) is 5.83. The van der Waals surface area contributed by atoms with Gasteiger partial charge in [-0.1, -0.05) is 12.1 Å². The van der Waals surface area contributed by atoms with E-state index in [9.17, 15) is 0 Å². The van der Waals surface area contributed by atoms with Crippen LogP contribution in [0.3, 0.4) is 0 Å². The van der Waals surface area contributed by atoms with Gasteiger partial charge in [0, 0.05) is 43.5 Å². The number of likely N-dealkylation sites (N-methyl/N-ethyl adjacent to an activating group) is 1. The molecule has 0 atom stereocenters.